The van der Waals surface area contributed by atoms with Crippen LogP contribution in [0.1, 0.15) is 96.8 Å². The first kappa shape index (κ1) is 23.0. The average Bonchev–Trinajstić information content (AvgIpc) is 2.62. The van der Waals surface area contributed by atoms with Crippen molar-refractivity contribution >= 4 is 10.1 Å². The van der Waals surface area contributed by atoms with Gasteiger partial charge in [-0.3, -0.25) is 0 Å². The monoisotopic (exact) mass is 381 g/mol. The van der Waals surface area contributed by atoms with Crippen molar-refractivity contribution in [2.24, 2.45) is 0 Å². The highest BCUT2D eigenvalue weighted by molar-refractivity contribution is 7.87. The second-order valence-electron chi connectivity index (χ2n) is 7.18. The molecule has 0 amide bonds. The summed E-state index contributed by atoms with van der Waals surface area (Å²) in [7, 11) is -3.47. The van der Waals surface area contributed by atoms with Gasteiger partial charge in [0.25, 0.3) is 0 Å². The summed E-state index contributed by atoms with van der Waals surface area (Å²) in [5.41, 5.74) is 0. The first-order valence-corrected chi connectivity index (χ1v) is 12.1. The molecular formula is C22H37O3S. The molecular weight excluding hydrogens is 344 g/mol. The van der Waals surface area contributed by atoms with Crippen molar-refractivity contribution in [3.05, 3.63) is 30.3 Å². The van der Waals surface area contributed by atoms with E-state index in [1.54, 1.807) is 24.3 Å². The van der Waals surface area contributed by atoms with Crippen LogP contribution in [0.2, 0.25) is 0 Å². The fourth-order valence-electron chi connectivity index (χ4n) is 3.09. The molecule has 1 radical (unpaired) electrons. The zero-order valence-corrected chi connectivity index (χ0v) is 17.4. The topological polar surface area (TPSA) is 43.4 Å². The lowest BCUT2D eigenvalue weighted by molar-refractivity contribution is 0.481. The van der Waals surface area contributed by atoms with Gasteiger partial charge in [-0.1, -0.05) is 103 Å². The van der Waals surface area contributed by atoms with Crippen molar-refractivity contribution in [2.45, 2.75) is 96.8 Å². The molecule has 149 valence electrons. The summed E-state index contributed by atoms with van der Waals surface area (Å²) >= 11 is 0. The smallest absolute Gasteiger partial charge is 0.309 e. The van der Waals surface area contributed by atoms with Gasteiger partial charge in [0, 0.05) is 0 Å². The molecule has 0 saturated carbocycles. The van der Waals surface area contributed by atoms with Crippen molar-refractivity contribution < 1.29 is 12.6 Å². The largest absolute Gasteiger partial charge is 0.382 e. The molecule has 0 bridgehead atoms. The molecule has 0 aromatic heterocycles. The minimum Gasteiger partial charge on any atom is -0.382 e. The first-order valence-electron chi connectivity index (χ1n) is 10.5. The van der Waals surface area contributed by atoms with Crippen molar-refractivity contribution in [2.75, 3.05) is 5.75 Å². The van der Waals surface area contributed by atoms with Gasteiger partial charge in [0.05, 0.1) is 5.75 Å². The SMILES string of the molecule is CCCCCCCCCCCCCCCCS(=O)(=O)Oc1c[c]ccc1. The van der Waals surface area contributed by atoms with E-state index in [2.05, 4.69) is 13.0 Å². The Morgan fingerprint density at radius 1 is 0.808 bits per heavy atom. The summed E-state index contributed by atoms with van der Waals surface area (Å²) in [5.74, 6) is 0.442. The Labute approximate surface area is 161 Å². The number of unbranched alkanes of at least 4 members (excludes halogenated alkanes) is 13. The van der Waals surface area contributed by atoms with Gasteiger partial charge in [-0.2, -0.15) is 8.42 Å². The lowest BCUT2D eigenvalue weighted by Gasteiger charge is -2.06. The van der Waals surface area contributed by atoms with Crippen LogP contribution in [0.3, 0.4) is 0 Å². The van der Waals surface area contributed by atoms with Gasteiger partial charge in [0.1, 0.15) is 5.75 Å². The normalized spacial score (nSPS) is 11.6. The average molecular weight is 382 g/mol. The van der Waals surface area contributed by atoms with E-state index in [9.17, 15) is 8.42 Å². The van der Waals surface area contributed by atoms with E-state index in [0.29, 0.717) is 12.2 Å². The van der Waals surface area contributed by atoms with Crippen LogP contribution in [0.5, 0.6) is 5.75 Å². The summed E-state index contributed by atoms with van der Waals surface area (Å²) < 4.78 is 28.8. The highest BCUT2D eigenvalue weighted by Gasteiger charge is 2.11. The molecule has 0 aliphatic heterocycles. The van der Waals surface area contributed by atoms with Gasteiger partial charge in [0.2, 0.25) is 0 Å². The van der Waals surface area contributed by atoms with Crippen molar-refractivity contribution in [3.8, 4) is 5.75 Å². The van der Waals surface area contributed by atoms with Gasteiger partial charge >= 0.3 is 10.1 Å². The van der Waals surface area contributed by atoms with Crippen LogP contribution < -0.4 is 4.18 Å². The Bertz CT molecular complexity index is 526. The van der Waals surface area contributed by atoms with Crippen molar-refractivity contribution in [1.82, 2.24) is 0 Å². The summed E-state index contributed by atoms with van der Waals surface area (Å²) in [4.78, 5) is 0. The van der Waals surface area contributed by atoms with Crippen LogP contribution in [0, 0.1) is 6.07 Å². The van der Waals surface area contributed by atoms with Gasteiger partial charge in [0.15, 0.2) is 0 Å². The van der Waals surface area contributed by atoms with Crippen molar-refractivity contribution in [1.29, 1.82) is 0 Å². The summed E-state index contributed by atoms with van der Waals surface area (Å²) in [6.07, 6.45) is 17.6. The first-order chi connectivity index (χ1) is 12.6. The van der Waals surface area contributed by atoms with Gasteiger partial charge < -0.3 is 4.18 Å². The summed E-state index contributed by atoms with van der Waals surface area (Å²) in [5, 5.41) is 0. The second kappa shape index (κ2) is 15.1. The predicted molar refractivity (Wildman–Crippen MR) is 110 cm³/mol. The molecule has 0 heterocycles. The zero-order valence-electron chi connectivity index (χ0n) is 16.5. The molecule has 0 spiro atoms. The van der Waals surface area contributed by atoms with E-state index in [-0.39, 0.29) is 5.75 Å². The van der Waals surface area contributed by atoms with Crippen LogP contribution in [0.4, 0.5) is 0 Å². The number of rotatable bonds is 17. The minimum absolute atomic E-state index is 0.0971. The van der Waals surface area contributed by atoms with Crippen LogP contribution in [0.25, 0.3) is 0 Å². The molecule has 4 heteroatoms. The molecule has 0 saturated heterocycles. The maximum absolute atomic E-state index is 11.9. The highest BCUT2D eigenvalue weighted by atomic mass is 32.2. The molecule has 0 fully saturated rings. The fourth-order valence-corrected chi connectivity index (χ4v) is 4.13. The quantitative estimate of drug-likeness (QED) is 0.223. The molecule has 26 heavy (non-hydrogen) atoms. The Morgan fingerprint density at radius 3 is 1.77 bits per heavy atom. The molecule has 0 unspecified atom stereocenters. The van der Waals surface area contributed by atoms with Crippen molar-refractivity contribution in [3.63, 3.8) is 0 Å². The maximum atomic E-state index is 11.9. The number of hydrogen-bond donors (Lipinski definition) is 0. The lowest BCUT2D eigenvalue weighted by Crippen LogP contribution is -2.13. The van der Waals surface area contributed by atoms with E-state index in [1.807, 2.05) is 0 Å². The fraction of sp³-hybridized carbons (Fsp3) is 0.727. The van der Waals surface area contributed by atoms with Crippen LogP contribution in [-0.4, -0.2) is 14.2 Å². The van der Waals surface area contributed by atoms with E-state index in [0.717, 1.165) is 12.8 Å². The zero-order chi connectivity index (χ0) is 18.9. The summed E-state index contributed by atoms with van der Waals surface area (Å²) in [6.45, 7) is 2.26. The van der Waals surface area contributed by atoms with E-state index in [4.69, 9.17) is 4.18 Å². The molecule has 1 aromatic carbocycles. The summed E-state index contributed by atoms with van der Waals surface area (Å²) in [6, 6.07) is 9.43. The van der Waals surface area contributed by atoms with E-state index < -0.39 is 10.1 Å². The van der Waals surface area contributed by atoms with Gasteiger partial charge in [-0.25, -0.2) is 0 Å². The van der Waals surface area contributed by atoms with Gasteiger partial charge in [-0.05, 0) is 24.6 Å². The Morgan fingerprint density at radius 2 is 1.31 bits per heavy atom. The van der Waals surface area contributed by atoms with Crippen LogP contribution in [0.15, 0.2) is 24.3 Å². The molecule has 1 aromatic rings. The minimum atomic E-state index is -3.47. The third-order valence-electron chi connectivity index (χ3n) is 4.65. The molecule has 0 aliphatic carbocycles. The third-order valence-corrected chi connectivity index (χ3v) is 5.88. The number of benzene rings is 1. The Balaban J connectivity index is 1.88. The molecule has 1 rings (SSSR count). The van der Waals surface area contributed by atoms with E-state index in [1.165, 1.54) is 70.6 Å². The van der Waals surface area contributed by atoms with E-state index >= 15 is 0 Å². The van der Waals surface area contributed by atoms with Crippen LogP contribution >= 0.6 is 0 Å². The molecule has 0 aliphatic rings. The van der Waals surface area contributed by atoms with Gasteiger partial charge in [-0.15, -0.1) is 0 Å². The number of hydrogen-bond acceptors (Lipinski definition) is 3. The standard InChI is InChI=1S/C22H37O3S/c1-2-3-4-5-6-7-8-9-10-11-12-13-14-18-21-26(23,24)25-22-19-16-15-17-20-22/h15-16,19-20H,2-14,18,21H2,1H3. The van der Waals surface area contributed by atoms with Crippen LogP contribution in [-0.2, 0) is 10.1 Å². The second-order valence-corrected chi connectivity index (χ2v) is 8.87. The maximum Gasteiger partial charge on any atom is 0.309 e. The third kappa shape index (κ3) is 13.2. The molecule has 3 nitrogen and oxygen atoms in total. The predicted octanol–water partition coefficient (Wildman–Crippen LogP) is 6.68. The molecule has 0 atom stereocenters. The molecule has 0 N–H and O–H groups in total. The highest BCUT2D eigenvalue weighted by Crippen LogP contribution is 2.15. The lowest BCUT2D eigenvalue weighted by atomic mass is 10.0. The Hall–Kier alpha value is -1.03. The Kier molecular flexibility index (Phi) is 13.3.